The van der Waals surface area contributed by atoms with E-state index in [0.29, 0.717) is 10.8 Å². The molecular formula is C12H19ClN2O2S. The summed E-state index contributed by atoms with van der Waals surface area (Å²) in [5, 5.41) is 0. The number of sulfonamides is 1. The van der Waals surface area contributed by atoms with Crippen LogP contribution in [0.4, 0.5) is 0 Å². The molecule has 0 radical (unpaired) electrons. The predicted molar refractivity (Wildman–Crippen MR) is 72.3 cm³/mol. The maximum atomic E-state index is 12.4. The van der Waals surface area contributed by atoms with Crippen molar-refractivity contribution in [3.63, 3.8) is 0 Å². The molecule has 0 spiro atoms. The Labute approximate surface area is 114 Å². The molecule has 1 heterocycles. The molecule has 0 aromatic carbocycles. The average Bonchev–Trinajstić information content (AvgIpc) is 2.70. The molecule has 0 amide bonds. The Bertz CT molecular complexity index is 499. The van der Waals surface area contributed by atoms with Crippen LogP contribution in [0.1, 0.15) is 31.9 Å². The minimum Gasteiger partial charge on any atom is -0.349 e. The van der Waals surface area contributed by atoms with E-state index in [4.69, 9.17) is 11.6 Å². The van der Waals surface area contributed by atoms with Crippen molar-refractivity contribution in [1.29, 1.82) is 0 Å². The summed E-state index contributed by atoms with van der Waals surface area (Å²) in [6, 6.07) is 1.85. The molecule has 1 aromatic rings. The van der Waals surface area contributed by atoms with Crippen molar-refractivity contribution in [1.82, 2.24) is 8.87 Å². The maximum absolute atomic E-state index is 12.4. The Morgan fingerprint density at radius 2 is 2.17 bits per heavy atom. The summed E-state index contributed by atoms with van der Waals surface area (Å²) in [7, 11) is -1.70. The van der Waals surface area contributed by atoms with Crippen LogP contribution in [0.15, 0.2) is 17.2 Å². The van der Waals surface area contributed by atoms with Crippen LogP contribution in [-0.4, -0.2) is 30.4 Å². The highest BCUT2D eigenvalue weighted by atomic mass is 35.5. The number of halogens is 1. The molecule has 0 unspecified atom stereocenters. The highest BCUT2D eigenvalue weighted by molar-refractivity contribution is 7.89. The van der Waals surface area contributed by atoms with E-state index in [1.807, 2.05) is 11.5 Å². The van der Waals surface area contributed by atoms with Crippen molar-refractivity contribution in [3.8, 4) is 0 Å². The van der Waals surface area contributed by atoms with Gasteiger partial charge in [0.25, 0.3) is 0 Å². The lowest BCUT2D eigenvalue weighted by Crippen LogP contribution is -2.41. The monoisotopic (exact) mass is 290 g/mol. The molecule has 18 heavy (non-hydrogen) atoms. The van der Waals surface area contributed by atoms with Gasteiger partial charge in [0.2, 0.25) is 10.0 Å². The maximum Gasteiger partial charge on any atom is 0.244 e. The quantitative estimate of drug-likeness (QED) is 0.782. The standard InChI is InChI=1S/C12H19ClN2O2S/c1-3-15-9-12(7-11(15)8-13)18(16,17)14(2)10-5-4-6-10/h7,9-10H,3-6,8H2,1-2H3. The fraction of sp³-hybridized carbons (Fsp3) is 0.667. The van der Waals surface area contributed by atoms with Crippen LogP contribution in [0.5, 0.6) is 0 Å². The first-order valence-corrected chi connectivity index (χ1v) is 8.21. The topological polar surface area (TPSA) is 42.3 Å². The van der Waals surface area contributed by atoms with E-state index in [0.717, 1.165) is 31.5 Å². The van der Waals surface area contributed by atoms with Crippen molar-refractivity contribution >= 4 is 21.6 Å². The van der Waals surface area contributed by atoms with Gasteiger partial charge in [-0.2, -0.15) is 4.31 Å². The molecule has 0 saturated heterocycles. The second kappa shape index (κ2) is 5.23. The predicted octanol–water partition coefficient (Wildman–Crippen LogP) is 2.42. The van der Waals surface area contributed by atoms with Crippen LogP contribution < -0.4 is 0 Å². The SMILES string of the molecule is CCn1cc(S(=O)(=O)N(C)C2CCC2)cc1CCl. The lowest BCUT2D eigenvalue weighted by Gasteiger charge is -2.33. The summed E-state index contributed by atoms with van der Waals surface area (Å²) in [5.74, 6) is 0.330. The van der Waals surface area contributed by atoms with Gasteiger partial charge in [-0.1, -0.05) is 6.42 Å². The van der Waals surface area contributed by atoms with Crippen LogP contribution >= 0.6 is 11.6 Å². The lowest BCUT2D eigenvalue weighted by molar-refractivity contribution is 0.249. The molecule has 1 saturated carbocycles. The van der Waals surface area contributed by atoms with Gasteiger partial charge in [0, 0.05) is 31.5 Å². The zero-order chi connectivity index (χ0) is 13.3. The van der Waals surface area contributed by atoms with E-state index >= 15 is 0 Å². The zero-order valence-corrected chi connectivity index (χ0v) is 12.3. The Balaban J connectivity index is 2.31. The summed E-state index contributed by atoms with van der Waals surface area (Å²) in [5.41, 5.74) is 0.847. The molecule has 102 valence electrons. The Morgan fingerprint density at radius 3 is 2.56 bits per heavy atom. The molecule has 1 aromatic heterocycles. The molecule has 0 atom stereocenters. The molecule has 6 heteroatoms. The molecule has 2 rings (SSSR count). The van der Waals surface area contributed by atoms with E-state index in [9.17, 15) is 8.42 Å². The first kappa shape index (κ1) is 13.9. The van der Waals surface area contributed by atoms with Gasteiger partial charge in [-0.25, -0.2) is 8.42 Å². The fourth-order valence-electron chi connectivity index (χ4n) is 2.18. The number of hydrogen-bond donors (Lipinski definition) is 0. The number of nitrogens with zero attached hydrogens (tertiary/aromatic N) is 2. The Hall–Kier alpha value is -0.520. The van der Waals surface area contributed by atoms with E-state index in [-0.39, 0.29) is 6.04 Å². The molecule has 0 bridgehead atoms. The van der Waals surface area contributed by atoms with Crippen LogP contribution in [0.3, 0.4) is 0 Å². The molecule has 1 fully saturated rings. The zero-order valence-electron chi connectivity index (χ0n) is 10.8. The molecule has 1 aliphatic rings. The van der Waals surface area contributed by atoms with Gasteiger partial charge >= 0.3 is 0 Å². The van der Waals surface area contributed by atoms with Crippen LogP contribution in [0.25, 0.3) is 0 Å². The van der Waals surface area contributed by atoms with Crippen LogP contribution in [-0.2, 0) is 22.4 Å². The highest BCUT2D eigenvalue weighted by Crippen LogP contribution is 2.29. The number of rotatable bonds is 5. The summed E-state index contributed by atoms with van der Waals surface area (Å²) in [6.45, 7) is 2.70. The van der Waals surface area contributed by atoms with Crippen molar-refractivity contribution < 1.29 is 8.42 Å². The smallest absolute Gasteiger partial charge is 0.244 e. The summed E-state index contributed by atoms with van der Waals surface area (Å²) < 4.78 is 28.3. The minimum atomic E-state index is -3.37. The van der Waals surface area contributed by atoms with E-state index in [2.05, 4.69) is 0 Å². The average molecular weight is 291 g/mol. The first-order chi connectivity index (χ1) is 8.50. The minimum absolute atomic E-state index is 0.166. The van der Waals surface area contributed by atoms with Crippen LogP contribution in [0, 0.1) is 0 Å². The second-order valence-corrected chi connectivity index (χ2v) is 6.96. The van der Waals surface area contributed by atoms with Crippen molar-refractivity contribution in [2.45, 2.75) is 49.5 Å². The largest absolute Gasteiger partial charge is 0.349 e. The van der Waals surface area contributed by atoms with Crippen molar-refractivity contribution in [3.05, 3.63) is 18.0 Å². The Morgan fingerprint density at radius 1 is 1.50 bits per heavy atom. The third-order valence-corrected chi connectivity index (χ3v) is 5.85. The molecule has 4 nitrogen and oxygen atoms in total. The molecule has 0 N–H and O–H groups in total. The van der Waals surface area contributed by atoms with Crippen molar-refractivity contribution in [2.24, 2.45) is 0 Å². The van der Waals surface area contributed by atoms with Gasteiger partial charge < -0.3 is 4.57 Å². The molecular weight excluding hydrogens is 272 g/mol. The number of aryl methyl sites for hydroxylation is 1. The van der Waals surface area contributed by atoms with Gasteiger partial charge in [-0.3, -0.25) is 0 Å². The van der Waals surface area contributed by atoms with Gasteiger partial charge in [0.15, 0.2) is 0 Å². The second-order valence-electron chi connectivity index (χ2n) is 4.69. The number of alkyl halides is 1. The summed E-state index contributed by atoms with van der Waals surface area (Å²) >= 11 is 5.83. The first-order valence-electron chi connectivity index (χ1n) is 6.23. The lowest BCUT2D eigenvalue weighted by atomic mass is 9.94. The molecule has 1 aliphatic carbocycles. The molecule has 0 aliphatic heterocycles. The highest BCUT2D eigenvalue weighted by Gasteiger charge is 2.32. The van der Waals surface area contributed by atoms with Gasteiger partial charge in [0.05, 0.1) is 5.88 Å². The van der Waals surface area contributed by atoms with E-state index < -0.39 is 10.0 Å². The fourth-order valence-corrected chi connectivity index (χ4v) is 3.90. The van der Waals surface area contributed by atoms with E-state index in [1.165, 1.54) is 4.31 Å². The van der Waals surface area contributed by atoms with E-state index in [1.54, 1.807) is 19.3 Å². The summed E-state index contributed by atoms with van der Waals surface area (Å²) in [6.07, 6.45) is 4.73. The Kier molecular flexibility index (Phi) is 4.04. The number of hydrogen-bond acceptors (Lipinski definition) is 2. The van der Waals surface area contributed by atoms with Gasteiger partial charge in [0.1, 0.15) is 4.90 Å². The third-order valence-electron chi connectivity index (χ3n) is 3.70. The number of aromatic nitrogens is 1. The van der Waals surface area contributed by atoms with Gasteiger partial charge in [-0.05, 0) is 25.8 Å². The van der Waals surface area contributed by atoms with Gasteiger partial charge in [-0.15, -0.1) is 11.6 Å². The van der Waals surface area contributed by atoms with Crippen molar-refractivity contribution in [2.75, 3.05) is 7.05 Å². The third kappa shape index (κ3) is 2.31. The normalized spacial score (nSPS) is 17.1. The summed E-state index contributed by atoms with van der Waals surface area (Å²) in [4.78, 5) is 0.356. The van der Waals surface area contributed by atoms with Crippen LogP contribution in [0.2, 0.25) is 0 Å².